The van der Waals surface area contributed by atoms with Crippen molar-refractivity contribution in [1.29, 1.82) is 0 Å². The summed E-state index contributed by atoms with van der Waals surface area (Å²) in [5.74, 6) is 9.61. The number of rotatable bonds is 16. The molecule has 18 aromatic rings. The number of aromatic nitrogens is 14. The third-order valence-electron chi connectivity index (χ3n) is 23.9. The maximum absolute atomic E-state index is 4.43. The normalized spacial score (nSPS) is 11.5. The molecular formula is C108H123N14+5. The van der Waals surface area contributed by atoms with Crippen LogP contribution in [0.3, 0.4) is 0 Å². The number of nitrogens with zero attached hydrogens (tertiary/aromatic N) is 14. The molecule has 0 radical (unpaired) electrons. The molecule has 0 fully saturated rings. The van der Waals surface area contributed by atoms with Crippen molar-refractivity contribution in [2.45, 2.75) is 132 Å². The molecule has 0 N–H and O–H groups in total. The molecule has 10 aromatic carbocycles. The lowest BCUT2D eigenvalue weighted by molar-refractivity contribution is -0.659. The third-order valence-corrected chi connectivity index (χ3v) is 23.9. The minimum absolute atomic E-state index is 0.444. The van der Waals surface area contributed by atoms with E-state index in [2.05, 4.69) is 473 Å². The molecule has 14 heteroatoms. The van der Waals surface area contributed by atoms with Crippen LogP contribution in [0.15, 0.2) is 310 Å². The van der Waals surface area contributed by atoms with Crippen LogP contribution in [0, 0.1) is 13.8 Å². The van der Waals surface area contributed by atoms with Crippen molar-refractivity contribution in [3.63, 3.8) is 0 Å². The molecule has 0 unspecified atom stereocenters. The van der Waals surface area contributed by atoms with Crippen molar-refractivity contribution >= 4 is 33.1 Å². The van der Waals surface area contributed by atoms with Crippen LogP contribution in [0.1, 0.15) is 163 Å². The first-order chi connectivity index (χ1) is 58.8. The van der Waals surface area contributed by atoms with E-state index >= 15 is 0 Å². The van der Waals surface area contributed by atoms with Crippen molar-refractivity contribution in [2.24, 2.45) is 56.4 Å². The molecular weight excluding hydrogens is 1490 g/mol. The molecule has 0 spiro atoms. The van der Waals surface area contributed by atoms with Gasteiger partial charge in [0, 0.05) is 79.3 Å². The molecule has 0 aliphatic rings. The van der Waals surface area contributed by atoms with Crippen molar-refractivity contribution in [3.8, 4) is 85.9 Å². The van der Waals surface area contributed by atoms with E-state index in [1.807, 2.05) is 55.5 Å². The van der Waals surface area contributed by atoms with E-state index in [-0.39, 0.29) is 0 Å². The molecule has 620 valence electrons. The highest BCUT2D eigenvalue weighted by atomic mass is 15.2. The second kappa shape index (κ2) is 36.8. The van der Waals surface area contributed by atoms with E-state index in [1.165, 1.54) is 146 Å². The maximum atomic E-state index is 4.43. The van der Waals surface area contributed by atoms with Gasteiger partial charge in [-0.3, -0.25) is 0 Å². The number of aryl methyl sites for hydroxylation is 10. The van der Waals surface area contributed by atoms with Gasteiger partial charge in [-0.15, -0.1) is 0 Å². The van der Waals surface area contributed by atoms with E-state index in [4.69, 9.17) is 0 Å². The zero-order chi connectivity index (χ0) is 86.5. The lowest BCUT2D eigenvalue weighted by Crippen LogP contribution is -2.31. The van der Waals surface area contributed by atoms with Crippen molar-refractivity contribution in [1.82, 2.24) is 41.5 Å². The van der Waals surface area contributed by atoms with Crippen LogP contribution in [0.25, 0.3) is 119 Å². The van der Waals surface area contributed by atoms with Crippen LogP contribution in [0.4, 0.5) is 0 Å². The average Bonchev–Trinajstić information content (AvgIpc) is 1.57. The molecule has 8 heterocycles. The van der Waals surface area contributed by atoms with Crippen LogP contribution >= 0.6 is 0 Å². The Labute approximate surface area is 722 Å². The molecule has 14 nitrogen and oxygen atoms in total. The second-order valence-electron chi connectivity index (χ2n) is 34.3. The highest BCUT2D eigenvalue weighted by Crippen LogP contribution is 2.41. The summed E-state index contributed by atoms with van der Waals surface area (Å²) in [6.45, 7) is 31.8. The quantitative estimate of drug-likeness (QED) is 0.0889. The van der Waals surface area contributed by atoms with Gasteiger partial charge in [-0.1, -0.05) is 247 Å². The summed E-state index contributed by atoms with van der Waals surface area (Å²) in [6.07, 6.45) is 16.4. The monoisotopic (exact) mass is 1620 g/mol. The molecule has 0 saturated carbocycles. The number of hydrogen-bond acceptors (Lipinski definition) is 1. The van der Waals surface area contributed by atoms with E-state index in [9.17, 15) is 0 Å². The van der Waals surface area contributed by atoms with Gasteiger partial charge >= 0.3 is 17.5 Å². The molecule has 0 saturated heterocycles. The number of hydrogen-bond donors (Lipinski definition) is 0. The number of para-hydroxylation sites is 11. The Kier molecular flexibility index (Phi) is 25.7. The van der Waals surface area contributed by atoms with E-state index in [0.717, 1.165) is 17.3 Å². The van der Waals surface area contributed by atoms with Crippen LogP contribution in [0.5, 0.6) is 0 Å². The first-order valence-electron chi connectivity index (χ1n) is 43.2. The number of imidazole rings is 6. The summed E-state index contributed by atoms with van der Waals surface area (Å²) in [5.41, 5.74) is 29.7. The standard InChI is InChI=1S/C27H31N2.C25H30N3.C21H28N3.C21H19N2.C14H15N4/c1-18(2)21-14-11-15-22(19(3)4)26(21)29-25-17-10-9-16-24(25)28(6)27(29)23-13-8-7-12-20(23)5;1-17(2)19-11-9-12-20(18(3)4)24(19)28-22-14-8-7-13-21(22)27(6)25(28)23-15-10-16-26(23)5;1-15(2)17-9-7-10-18(16(3)4)20(17)24-14-13-23(6)21(24)19-11-8-12-22(19)5;1-16-10-6-7-13-18(16)21-22(2)19-14-8-9-15-20(19)23(21)17-11-4-3-5-12-17;1-16-9-8-15-13(16)14-17(2)10-11-18(14)12-6-4-3-5-7-12/h7-19H,1-6H3;7-18H,1-6H3;7-16H,1-6H3;3-15H,1-2H3;3-11H,1-2H3/q5*+1. The molecule has 0 aliphatic heterocycles. The van der Waals surface area contributed by atoms with Crippen LogP contribution in [-0.2, 0) is 56.4 Å². The summed E-state index contributed by atoms with van der Waals surface area (Å²) in [6, 6.07) is 93.1. The largest absolute Gasteiger partial charge is 0.344 e. The fraction of sp³-hybridized carbons (Fsp3) is 0.259. The summed E-state index contributed by atoms with van der Waals surface area (Å²) in [4.78, 5) is 4.43. The Bertz CT molecular complexity index is 6590. The molecule has 8 aromatic heterocycles. The summed E-state index contributed by atoms with van der Waals surface area (Å²) in [5, 5.41) is 0. The molecule has 18 rings (SSSR count). The van der Waals surface area contributed by atoms with Gasteiger partial charge in [0.2, 0.25) is 5.82 Å². The molecule has 0 bridgehead atoms. The van der Waals surface area contributed by atoms with Gasteiger partial charge in [0.15, 0.2) is 33.1 Å². The predicted molar refractivity (Wildman–Crippen MR) is 503 cm³/mol. The van der Waals surface area contributed by atoms with Crippen molar-refractivity contribution in [3.05, 3.63) is 355 Å². The lowest BCUT2D eigenvalue weighted by Gasteiger charge is -2.18. The fourth-order valence-corrected chi connectivity index (χ4v) is 17.6. The summed E-state index contributed by atoms with van der Waals surface area (Å²) < 4.78 is 29.5. The number of fused-ring (bicyclic) bond motifs is 3. The van der Waals surface area contributed by atoms with Crippen LogP contribution in [-0.4, -0.2) is 41.5 Å². The number of benzene rings is 10. The van der Waals surface area contributed by atoms with Crippen LogP contribution in [0.2, 0.25) is 0 Å². The van der Waals surface area contributed by atoms with Gasteiger partial charge in [0.05, 0.1) is 46.4 Å². The minimum atomic E-state index is 0.444. The zero-order valence-corrected chi connectivity index (χ0v) is 75.7. The van der Waals surface area contributed by atoms with Crippen molar-refractivity contribution < 1.29 is 22.8 Å². The zero-order valence-electron chi connectivity index (χ0n) is 75.7. The van der Waals surface area contributed by atoms with E-state index < -0.39 is 0 Å². The maximum Gasteiger partial charge on any atom is 0.330 e. The topological polar surface area (TPSA) is 71.7 Å². The fourth-order valence-electron chi connectivity index (χ4n) is 17.6. The Hall–Kier alpha value is -13.2. The molecule has 0 aliphatic carbocycles. The Balaban J connectivity index is 0.000000125. The Morgan fingerprint density at radius 1 is 0.270 bits per heavy atom. The highest BCUT2D eigenvalue weighted by Gasteiger charge is 2.35. The van der Waals surface area contributed by atoms with Gasteiger partial charge in [-0.05, 0) is 158 Å². The van der Waals surface area contributed by atoms with Gasteiger partial charge < -0.3 is 13.7 Å². The summed E-state index contributed by atoms with van der Waals surface area (Å²) >= 11 is 0. The van der Waals surface area contributed by atoms with Crippen molar-refractivity contribution in [2.75, 3.05) is 0 Å². The smallest absolute Gasteiger partial charge is 0.330 e. The first-order valence-corrected chi connectivity index (χ1v) is 43.2. The van der Waals surface area contributed by atoms with Gasteiger partial charge in [0.25, 0.3) is 11.6 Å². The average molecular weight is 1620 g/mol. The SMILES string of the molecule is CC(C)c1cccc(C(C)C)c1-n1c(-c2cccn2C)[n+](C)c2ccccc21.CC(C)c1cccc(C(C)C)c1-n1cc[n+](C)c1-c1cccn1C.Cc1ccccc1-c1n(-c2c(C(C)C)cccc2C(C)C)c2ccccc2[n+]1C.Cc1ccccc1-c1n(-c2ccccc2)c2ccccc2[n+]1C.Cn1ccnc1-c1n(-c2ccccc2)cc[n+]1C. The Morgan fingerprint density at radius 3 is 1.00 bits per heavy atom. The molecule has 0 atom stereocenters. The highest BCUT2D eigenvalue weighted by molar-refractivity contribution is 5.83. The van der Waals surface area contributed by atoms with Crippen LogP contribution < -0.4 is 22.8 Å². The second-order valence-corrected chi connectivity index (χ2v) is 34.3. The van der Waals surface area contributed by atoms with Gasteiger partial charge in [-0.2, -0.15) is 22.8 Å². The third kappa shape index (κ3) is 16.7. The lowest BCUT2D eigenvalue weighted by atomic mass is 9.92. The molecule has 0 amide bonds. The Morgan fingerprint density at radius 2 is 0.607 bits per heavy atom. The first kappa shape index (κ1) is 85.2. The van der Waals surface area contributed by atoms with Gasteiger partial charge in [0.1, 0.15) is 64.6 Å². The van der Waals surface area contributed by atoms with E-state index in [1.54, 1.807) is 0 Å². The molecule has 122 heavy (non-hydrogen) atoms. The van der Waals surface area contributed by atoms with Gasteiger partial charge in [-0.25, -0.2) is 27.8 Å². The predicted octanol–water partition coefficient (Wildman–Crippen LogP) is 23.1. The summed E-state index contributed by atoms with van der Waals surface area (Å²) in [7, 11) is 16.9. The van der Waals surface area contributed by atoms with E-state index in [0.29, 0.717) is 35.5 Å². The minimum Gasteiger partial charge on any atom is -0.344 e.